The lowest BCUT2D eigenvalue weighted by molar-refractivity contribution is 0.1000. The minimum absolute atomic E-state index is 0.409. The average molecular weight is 205 g/mol. The summed E-state index contributed by atoms with van der Waals surface area (Å²) in [5.74, 6) is 0.0543. The van der Waals surface area contributed by atoms with Gasteiger partial charge in [0.1, 0.15) is 0 Å². The molecule has 0 radical (unpaired) electrons. The third-order valence-corrected chi connectivity index (χ3v) is 2.81. The van der Waals surface area contributed by atoms with Crippen LogP contribution in [-0.2, 0) is 0 Å². The number of carbonyl (C=O) groups excluding carboxylic acids is 1. The molecule has 1 aromatic rings. The third-order valence-electron chi connectivity index (χ3n) is 2.81. The molecule has 0 bridgehead atoms. The number of aromatic nitrogens is 1. The van der Waals surface area contributed by atoms with Gasteiger partial charge in [-0.05, 0) is 36.9 Å². The number of carbonyl (C=O) groups is 1. The fraction of sp³-hybridized carbons (Fsp3) is 0.455. The van der Waals surface area contributed by atoms with Gasteiger partial charge in [-0.25, -0.2) is 0 Å². The highest BCUT2D eigenvalue weighted by Crippen LogP contribution is 2.22. The lowest BCUT2D eigenvalue weighted by atomic mass is 9.92. The Morgan fingerprint density at radius 1 is 1.53 bits per heavy atom. The standard InChI is InChI=1S/C11H15N3O/c12-11(15)10-4-9(6-14-7-10)8-2-1-3-13-5-8/h4,6-8,13H,1-3,5H2,(H2,12,15). The zero-order chi connectivity index (χ0) is 10.7. The van der Waals surface area contributed by atoms with Gasteiger partial charge in [0, 0.05) is 18.9 Å². The van der Waals surface area contributed by atoms with E-state index in [1.807, 2.05) is 12.3 Å². The van der Waals surface area contributed by atoms with Gasteiger partial charge in [0.25, 0.3) is 0 Å². The quantitative estimate of drug-likeness (QED) is 0.744. The summed E-state index contributed by atoms with van der Waals surface area (Å²) in [6.45, 7) is 2.04. The Bertz CT molecular complexity index is 359. The van der Waals surface area contributed by atoms with Crippen LogP contribution < -0.4 is 11.1 Å². The summed E-state index contributed by atoms with van der Waals surface area (Å²) < 4.78 is 0. The number of nitrogens with two attached hydrogens (primary N) is 1. The predicted octanol–water partition coefficient (Wildman–Crippen LogP) is 0.647. The monoisotopic (exact) mass is 205 g/mol. The van der Waals surface area contributed by atoms with Gasteiger partial charge >= 0.3 is 0 Å². The highest BCUT2D eigenvalue weighted by Gasteiger charge is 2.16. The summed E-state index contributed by atoms with van der Waals surface area (Å²) in [6, 6.07) is 1.85. The smallest absolute Gasteiger partial charge is 0.250 e. The lowest BCUT2D eigenvalue weighted by Gasteiger charge is -2.22. The fourth-order valence-corrected chi connectivity index (χ4v) is 1.95. The lowest BCUT2D eigenvalue weighted by Crippen LogP contribution is -2.28. The van der Waals surface area contributed by atoms with Gasteiger partial charge in [-0.15, -0.1) is 0 Å². The molecule has 2 rings (SSSR count). The summed E-state index contributed by atoms with van der Waals surface area (Å²) in [4.78, 5) is 15.1. The van der Waals surface area contributed by atoms with Gasteiger partial charge in [0.05, 0.1) is 5.56 Å². The molecular weight excluding hydrogens is 190 g/mol. The highest BCUT2D eigenvalue weighted by molar-refractivity contribution is 5.92. The number of rotatable bonds is 2. The summed E-state index contributed by atoms with van der Waals surface area (Å²) in [5.41, 5.74) is 6.83. The fourth-order valence-electron chi connectivity index (χ4n) is 1.95. The van der Waals surface area contributed by atoms with Gasteiger partial charge in [-0.3, -0.25) is 9.78 Å². The summed E-state index contributed by atoms with van der Waals surface area (Å²) >= 11 is 0. The number of nitrogens with one attached hydrogen (secondary N) is 1. The summed E-state index contributed by atoms with van der Waals surface area (Å²) in [6.07, 6.45) is 5.66. The molecule has 2 heterocycles. The van der Waals surface area contributed by atoms with Crippen LogP contribution in [0, 0.1) is 0 Å². The van der Waals surface area contributed by atoms with Crippen molar-refractivity contribution in [3.8, 4) is 0 Å². The van der Waals surface area contributed by atoms with Crippen molar-refractivity contribution in [3.05, 3.63) is 29.6 Å². The molecule has 3 N–H and O–H groups in total. The predicted molar refractivity (Wildman–Crippen MR) is 57.6 cm³/mol. The molecule has 1 saturated heterocycles. The number of hydrogen-bond acceptors (Lipinski definition) is 3. The van der Waals surface area contributed by atoms with Crippen molar-refractivity contribution < 1.29 is 4.79 Å². The number of hydrogen-bond donors (Lipinski definition) is 2. The Kier molecular flexibility index (Phi) is 2.97. The Morgan fingerprint density at radius 2 is 2.40 bits per heavy atom. The van der Waals surface area contributed by atoms with Gasteiger partial charge < -0.3 is 11.1 Å². The first kappa shape index (κ1) is 10.1. The number of primary amides is 1. The molecule has 0 spiro atoms. The first-order valence-electron chi connectivity index (χ1n) is 5.23. The van der Waals surface area contributed by atoms with E-state index in [0.29, 0.717) is 11.5 Å². The van der Waals surface area contributed by atoms with Crippen molar-refractivity contribution >= 4 is 5.91 Å². The van der Waals surface area contributed by atoms with Crippen LogP contribution in [0.5, 0.6) is 0 Å². The molecule has 1 amide bonds. The van der Waals surface area contributed by atoms with Crippen molar-refractivity contribution in [3.63, 3.8) is 0 Å². The van der Waals surface area contributed by atoms with E-state index in [0.717, 1.165) is 25.1 Å². The molecule has 0 aliphatic carbocycles. The molecule has 1 aliphatic heterocycles. The number of amides is 1. The van der Waals surface area contributed by atoms with Crippen molar-refractivity contribution in [2.24, 2.45) is 5.73 Å². The normalized spacial score (nSPS) is 21.2. The van der Waals surface area contributed by atoms with Crippen LogP contribution >= 0.6 is 0 Å². The molecule has 1 fully saturated rings. The van der Waals surface area contributed by atoms with E-state index in [-0.39, 0.29) is 0 Å². The maximum atomic E-state index is 11.0. The van der Waals surface area contributed by atoms with E-state index in [9.17, 15) is 4.79 Å². The molecule has 1 aliphatic rings. The van der Waals surface area contributed by atoms with Crippen LogP contribution in [0.15, 0.2) is 18.5 Å². The number of nitrogens with zero attached hydrogens (tertiary/aromatic N) is 1. The van der Waals surface area contributed by atoms with Crippen LogP contribution in [0.1, 0.15) is 34.7 Å². The van der Waals surface area contributed by atoms with Crippen LogP contribution in [0.25, 0.3) is 0 Å². The third kappa shape index (κ3) is 2.33. The maximum Gasteiger partial charge on any atom is 0.250 e. The highest BCUT2D eigenvalue weighted by atomic mass is 16.1. The second-order valence-electron chi connectivity index (χ2n) is 3.91. The first-order chi connectivity index (χ1) is 7.27. The summed E-state index contributed by atoms with van der Waals surface area (Å²) in [5, 5.41) is 3.34. The largest absolute Gasteiger partial charge is 0.366 e. The van der Waals surface area contributed by atoms with E-state index < -0.39 is 5.91 Å². The number of pyridine rings is 1. The second kappa shape index (κ2) is 4.40. The SMILES string of the molecule is NC(=O)c1cncc(C2CCCNC2)c1. The molecule has 1 aromatic heterocycles. The van der Waals surface area contributed by atoms with Gasteiger partial charge in [-0.2, -0.15) is 0 Å². The van der Waals surface area contributed by atoms with Crippen molar-refractivity contribution in [2.75, 3.05) is 13.1 Å². The Balaban J connectivity index is 2.19. The zero-order valence-electron chi connectivity index (χ0n) is 8.57. The molecule has 80 valence electrons. The Labute approximate surface area is 88.9 Å². The molecule has 0 aromatic carbocycles. The van der Waals surface area contributed by atoms with Gasteiger partial charge in [0.15, 0.2) is 0 Å². The molecular formula is C11H15N3O. The average Bonchev–Trinajstić information content (AvgIpc) is 2.30. The molecule has 4 heteroatoms. The maximum absolute atomic E-state index is 11.0. The zero-order valence-corrected chi connectivity index (χ0v) is 8.57. The number of piperidine rings is 1. The van der Waals surface area contributed by atoms with E-state index in [1.165, 1.54) is 12.6 Å². The minimum Gasteiger partial charge on any atom is -0.366 e. The van der Waals surface area contributed by atoms with E-state index in [4.69, 9.17) is 5.73 Å². The Hall–Kier alpha value is -1.42. The van der Waals surface area contributed by atoms with Gasteiger partial charge in [-0.1, -0.05) is 0 Å². The minimum atomic E-state index is -0.409. The molecule has 1 unspecified atom stereocenters. The van der Waals surface area contributed by atoms with Crippen LogP contribution in [-0.4, -0.2) is 24.0 Å². The van der Waals surface area contributed by atoms with E-state index in [2.05, 4.69) is 10.3 Å². The van der Waals surface area contributed by atoms with E-state index >= 15 is 0 Å². The second-order valence-corrected chi connectivity index (χ2v) is 3.91. The molecule has 1 atom stereocenters. The van der Waals surface area contributed by atoms with Crippen molar-refractivity contribution in [2.45, 2.75) is 18.8 Å². The van der Waals surface area contributed by atoms with Crippen LogP contribution in [0.3, 0.4) is 0 Å². The van der Waals surface area contributed by atoms with Crippen LogP contribution in [0.2, 0.25) is 0 Å². The van der Waals surface area contributed by atoms with Crippen molar-refractivity contribution in [1.82, 2.24) is 10.3 Å². The van der Waals surface area contributed by atoms with Crippen molar-refractivity contribution in [1.29, 1.82) is 0 Å². The Morgan fingerprint density at radius 3 is 3.07 bits per heavy atom. The molecule has 15 heavy (non-hydrogen) atoms. The molecule has 4 nitrogen and oxygen atoms in total. The summed E-state index contributed by atoms with van der Waals surface area (Å²) in [7, 11) is 0. The first-order valence-corrected chi connectivity index (χ1v) is 5.23. The topological polar surface area (TPSA) is 68.0 Å². The van der Waals surface area contributed by atoms with Crippen LogP contribution in [0.4, 0.5) is 0 Å². The van der Waals surface area contributed by atoms with Gasteiger partial charge in [0.2, 0.25) is 5.91 Å². The van der Waals surface area contributed by atoms with E-state index in [1.54, 1.807) is 0 Å². The molecule has 0 saturated carbocycles.